The lowest BCUT2D eigenvalue weighted by Crippen LogP contribution is -2.01. The number of halogens is 1. The first-order valence-corrected chi connectivity index (χ1v) is 6.20. The number of benzene rings is 2. The molecule has 0 fully saturated rings. The number of hydrogen-bond donors (Lipinski definition) is 3. The highest BCUT2D eigenvalue weighted by Gasteiger charge is 2.13. The minimum atomic E-state index is -0.864. The average Bonchev–Trinajstić information content (AvgIpc) is 2.80. The minimum absolute atomic E-state index is 0.288. The summed E-state index contributed by atoms with van der Waals surface area (Å²) in [5.41, 5.74) is 2.76. The third-order valence-electron chi connectivity index (χ3n) is 3.35. The molecule has 0 amide bonds. The van der Waals surface area contributed by atoms with Crippen molar-refractivity contribution in [3.63, 3.8) is 0 Å². The van der Waals surface area contributed by atoms with Crippen molar-refractivity contribution in [2.75, 3.05) is 0 Å². The summed E-state index contributed by atoms with van der Waals surface area (Å²) in [7, 11) is 0. The van der Waals surface area contributed by atoms with E-state index in [1.807, 2.05) is 0 Å². The van der Waals surface area contributed by atoms with Gasteiger partial charge in [-0.25, -0.2) is 9.18 Å². The Balaban J connectivity index is 2.04. The molecule has 5 heteroatoms. The number of nitrogens with one attached hydrogen (secondary N) is 2. The molecule has 1 unspecified atom stereocenters. The smallest absolute Gasteiger partial charge is 0.323 e. The van der Waals surface area contributed by atoms with Gasteiger partial charge in [-0.15, -0.1) is 0 Å². The molecule has 0 saturated heterocycles. The van der Waals surface area contributed by atoms with Crippen LogP contribution in [0.4, 0.5) is 4.39 Å². The Labute approximate surface area is 113 Å². The number of aliphatic hydroxyl groups excluding tert-OH is 1. The average molecular weight is 272 g/mol. The van der Waals surface area contributed by atoms with Crippen LogP contribution in [0.25, 0.3) is 11.0 Å². The first kappa shape index (κ1) is 12.6. The van der Waals surface area contributed by atoms with Crippen LogP contribution >= 0.6 is 0 Å². The van der Waals surface area contributed by atoms with Crippen molar-refractivity contribution < 1.29 is 9.50 Å². The van der Waals surface area contributed by atoms with E-state index in [0.717, 1.165) is 0 Å². The summed E-state index contributed by atoms with van der Waals surface area (Å²) in [6.45, 7) is 1.65. The van der Waals surface area contributed by atoms with Crippen molar-refractivity contribution in [1.82, 2.24) is 9.97 Å². The first-order valence-electron chi connectivity index (χ1n) is 6.20. The molecule has 0 saturated carbocycles. The van der Waals surface area contributed by atoms with Gasteiger partial charge in [0.1, 0.15) is 11.9 Å². The molecule has 2 aromatic carbocycles. The molecule has 4 nitrogen and oxygen atoms in total. The molecule has 20 heavy (non-hydrogen) atoms. The fourth-order valence-corrected chi connectivity index (χ4v) is 2.25. The van der Waals surface area contributed by atoms with Crippen molar-refractivity contribution in [3.05, 3.63) is 69.4 Å². The Bertz CT molecular complexity index is 835. The fourth-order valence-electron chi connectivity index (χ4n) is 2.25. The number of fused-ring (bicyclic) bond motifs is 1. The van der Waals surface area contributed by atoms with Crippen molar-refractivity contribution in [1.29, 1.82) is 0 Å². The van der Waals surface area contributed by atoms with Gasteiger partial charge in [0.15, 0.2) is 0 Å². The van der Waals surface area contributed by atoms with Crippen LogP contribution in [-0.2, 0) is 0 Å². The summed E-state index contributed by atoms with van der Waals surface area (Å²) in [6, 6.07) is 9.67. The maximum Gasteiger partial charge on any atom is 0.323 e. The van der Waals surface area contributed by atoms with Crippen molar-refractivity contribution in [2.24, 2.45) is 0 Å². The van der Waals surface area contributed by atoms with Gasteiger partial charge in [-0.05, 0) is 41.8 Å². The van der Waals surface area contributed by atoms with Gasteiger partial charge >= 0.3 is 5.69 Å². The molecule has 1 heterocycles. The van der Waals surface area contributed by atoms with E-state index in [1.54, 1.807) is 37.3 Å². The molecule has 3 aromatic rings. The van der Waals surface area contributed by atoms with Crippen LogP contribution in [0.3, 0.4) is 0 Å². The van der Waals surface area contributed by atoms with Gasteiger partial charge < -0.3 is 15.1 Å². The number of aromatic amines is 2. The Morgan fingerprint density at radius 2 is 1.70 bits per heavy atom. The Morgan fingerprint density at radius 3 is 2.45 bits per heavy atom. The van der Waals surface area contributed by atoms with E-state index < -0.39 is 6.10 Å². The van der Waals surface area contributed by atoms with Crippen LogP contribution in [0.1, 0.15) is 22.8 Å². The third-order valence-corrected chi connectivity index (χ3v) is 3.35. The maximum atomic E-state index is 13.3. The topological polar surface area (TPSA) is 68.9 Å². The predicted molar refractivity (Wildman–Crippen MR) is 74.1 cm³/mol. The lowest BCUT2D eigenvalue weighted by Gasteiger charge is -2.12. The number of hydrogen-bond acceptors (Lipinski definition) is 2. The standard InChI is InChI=1S/C15H13FN2O2/c1-8-6-9(2-4-11(8)16)14(19)10-3-5-12-13(7-10)18-15(20)17-12/h2-7,14,19H,1H3,(H2,17,18,20). The second-order valence-corrected chi connectivity index (χ2v) is 4.80. The Morgan fingerprint density at radius 1 is 1.05 bits per heavy atom. The molecule has 102 valence electrons. The molecule has 0 radical (unpaired) electrons. The quantitative estimate of drug-likeness (QED) is 0.670. The van der Waals surface area contributed by atoms with Gasteiger partial charge in [-0.3, -0.25) is 0 Å². The van der Waals surface area contributed by atoms with Gasteiger partial charge in [0.2, 0.25) is 0 Å². The SMILES string of the molecule is Cc1cc(C(O)c2ccc3[nH]c(=O)[nH]c3c2)ccc1F. The lowest BCUT2D eigenvalue weighted by molar-refractivity contribution is 0.220. The molecule has 3 N–H and O–H groups in total. The van der Waals surface area contributed by atoms with Crippen molar-refractivity contribution >= 4 is 11.0 Å². The molecular formula is C15H13FN2O2. The van der Waals surface area contributed by atoms with Gasteiger partial charge in [0.05, 0.1) is 11.0 Å². The number of rotatable bonds is 2. The van der Waals surface area contributed by atoms with Gasteiger partial charge in [-0.2, -0.15) is 0 Å². The van der Waals surface area contributed by atoms with E-state index in [9.17, 15) is 14.3 Å². The van der Waals surface area contributed by atoms with E-state index in [1.165, 1.54) is 6.07 Å². The molecule has 0 aliphatic rings. The zero-order valence-electron chi connectivity index (χ0n) is 10.8. The lowest BCUT2D eigenvalue weighted by atomic mass is 9.99. The first-order chi connectivity index (χ1) is 9.54. The molecule has 3 rings (SSSR count). The highest BCUT2D eigenvalue weighted by molar-refractivity contribution is 5.75. The number of aromatic nitrogens is 2. The Kier molecular flexibility index (Phi) is 2.91. The van der Waals surface area contributed by atoms with Crippen molar-refractivity contribution in [3.8, 4) is 0 Å². The molecule has 0 aliphatic carbocycles. The predicted octanol–water partition coefficient (Wildman–Crippen LogP) is 2.39. The molecule has 0 bridgehead atoms. The molecule has 1 atom stereocenters. The van der Waals surface area contributed by atoms with Gasteiger partial charge in [-0.1, -0.05) is 18.2 Å². The van der Waals surface area contributed by atoms with E-state index in [4.69, 9.17) is 0 Å². The van der Waals surface area contributed by atoms with Crippen LogP contribution in [0.15, 0.2) is 41.2 Å². The van der Waals surface area contributed by atoms with Crippen LogP contribution in [-0.4, -0.2) is 15.1 Å². The van der Waals surface area contributed by atoms with E-state index >= 15 is 0 Å². The minimum Gasteiger partial charge on any atom is -0.384 e. The normalized spacial score (nSPS) is 12.8. The fraction of sp³-hybridized carbons (Fsp3) is 0.133. The highest BCUT2D eigenvalue weighted by atomic mass is 19.1. The number of imidazole rings is 1. The molecule has 0 aliphatic heterocycles. The van der Waals surface area contributed by atoms with Crippen LogP contribution < -0.4 is 5.69 Å². The van der Waals surface area contributed by atoms with Crippen LogP contribution in [0, 0.1) is 12.7 Å². The number of aliphatic hydroxyl groups is 1. The number of aryl methyl sites for hydroxylation is 1. The van der Waals surface area contributed by atoms with E-state index in [2.05, 4.69) is 9.97 Å². The number of H-pyrrole nitrogens is 2. The van der Waals surface area contributed by atoms with E-state index in [-0.39, 0.29) is 11.5 Å². The summed E-state index contributed by atoms with van der Waals surface area (Å²) in [5.74, 6) is -0.300. The summed E-state index contributed by atoms with van der Waals surface area (Å²) in [6.07, 6.45) is -0.864. The largest absolute Gasteiger partial charge is 0.384 e. The van der Waals surface area contributed by atoms with Gasteiger partial charge in [0, 0.05) is 0 Å². The second-order valence-electron chi connectivity index (χ2n) is 4.80. The Hall–Kier alpha value is -2.40. The zero-order valence-corrected chi connectivity index (χ0v) is 10.8. The monoisotopic (exact) mass is 272 g/mol. The zero-order chi connectivity index (χ0) is 14.3. The second kappa shape index (κ2) is 4.61. The molecule has 0 spiro atoms. The van der Waals surface area contributed by atoms with Crippen LogP contribution in [0.5, 0.6) is 0 Å². The highest BCUT2D eigenvalue weighted by Crippen LogP contribution is 2.25. The summed E-state index contributed by atoms with van der Waals surface area (Å²) in [4.78, 5) is 16.5. The van der Waals surface area contributed by atoms with Gasteiger partial charge in [0.25, 0.3) is 0 Å². The van der Waals surface area contributed by atoms with Crippen LogP contribution in [0.2, 0.25) is 0 Å². The molecular weight excluding hydrogens is 259 g/mol. The molecule has 1 aromatic heterocycles. The van der Waals surface area contributed by atoms with E-state index in [0.29, 0.717) is 27.7 Å². The summed E-state index contributed by atoms with van der Waals surface area (Å²) >= 11 is 0. The third kappa shape index (κ3) is 2.12. The van der Waals surface area contributed by atoms with Crippen molar-refractivity contribution in [2.45, 2.75) is 13.0 Å². The summed E-state index contributed by atoms with van der Waals surface area (Å²) in [5, 5.41) is 10.3. The summed E-state index contributed by atoms with van der Waals surface area (Å²) < 4.78 is 13.3. The maximum absolute atomic E-state index is 13.3.